The molecule has 0 aromatic rings. The van der Waals surface area contributed by atoms with E-state index < -0.39 is 10.0 Å². The van der Waals surface area contributed by atoms with E-state index in [2.05, 4.69) is 0 Å². The van der Waals surface area contributed by atoms with Gasteiger partial charge in [0.05, 0.1) is 5.75 Å². The normalized spacial score (nSPS) is 11.0. The predicted molar refractivity (Wildman–Crippen MR) is 37.5 cm³/mol. The quantitative estimate of drug-likeness (QED) is 0.537. The van der Waals surface area contributed by atoms with Crippen LogP contribution < -0.4 is 0 Å². The van der Waals surface area contributed by atoms with Gasteiger partial charge < -0.3 is 0 Å². The van der Waals surface area contributed by atoms with Gasteiger partial charge in [-0.25, -0.2) is 12.7 Å². The molecule has 0 aromatic carbocycles. The third-order valence-electron chi connectivity index (χ3n) is 1.01. The molecule has 0 saturated heterocycles. The van der Waals surface area contributed by atoms with Crippen molar-refractivity contribution < 1.29 is 13.2 Å². The predicted octanol–water partition coefficient (Wildman–Crippen LogP) is -0.275. The molecule has 10 heavy (non-hydrogen) atoms. The number of hydrogen-bond acceptors (Lipinski definition) is 3. The molecule has 0 atom stereocenters. The molecule has 1 amide bonds. The molecule has 0 rings (SSSR count). The maximum absolute atomic E-state index is 10.8. The van der Waals surface area contributed by atoms with Gasteiger partial charge in [0, 0.05) is 7.05 Å². The minimum absolute atomic E-state index is 0.00125. The molecule has 0 spiro atoms. The smallest absolute Gasteiger partial charge is 0.262 e. The molecule has 0 N–H and O–H groups in total. The number of carbonyl (C=O) groups excluding carboxylic acids is 1. The molecule has 0 unspecified atom stereocenters. The van der Waals surface area contributed by atoms with Crippen LogP contribution in [0.3, 0.4) is 0 Å². The lowest BCUT2D eigenvalue weighted by Gasteiger charge is -2.08. The summed E-state index contributed by atoms with van der Waals surface area (Å²) in [6.07, 6.45) is 1.79. The second kappa shape index (κ2) is 3.55. The zero-order valence-corrected chi connectivity index (χ0v) is 6.81. The van der Waals surface area contributed by atoms with E-state index in [1.54, 1.807) is 6.92 Å². The Balaban J connectivity index is 4.26. The fourth-order valence-electron chi connectivity index (χ4n) is 0.452. The first kappa shape index (κ1) is 9.42. The van der Waals surface area contributed by atoms with E-state index in [0.29, 0.717) is 10.7 Å². The lowest BCUT2D eigenvalue weighted by Crippen LogP contribution is -2.27. The standard InChI is InChI=1S/C5H10NO3S/c1-3-4-10(8,9)6(2)5-7/h3-4H2,1-2H3. The first-order valence-electron chi connectivity index (χ1n) is 2.89. The van der Waals surface area contributed by atoms with Crippen molar-refractivity contribution in [1.29, 1.82) is 0 Å². The Hall–Kier alpha value is -0.580. The van der Waals surface area contributed by atoms with Crippen molar-refractivity contribution in [1.82, 2.24) is 4.31 Å². The van der Waals surface area contributed by atoms with Crippen LogP contribution in [0.2, 0.25) is 0 Å². The summed E-state index contributed by atoms with van der Waals surface area (Å²) >= 11 is 0. The Morgan fingerprint density at radius 2 is 2.00 bits per heavy atom. The van der Waals surface area contributed by atoms with Crippen LogP contribution in [0.5, 0.6) is 0 Å². The van der Waals surface area contributed by atoms with E-state index in [1.807, 2.05) is 0 Å². The summed E-state index contributed by atoms with van der Waals surface area (Å²) < 4.78 is 22.2. The summed E-state index contributed by atoms with van der Waals surface area (Å²) in [5, 5.41) is 0. The van der Waals surface area contributed by atoms with Gasteiger partial charge in [-0.05, 0) is 6.42 Å². The van der Waals surface area contributed by atoms with Crippen LogP contribution in [-0.4, -0.2) is 31.9 Å². The van der Waals surface area contributed by atoms with E-state index in [4.69, 9.17) is 0 Å². The maximum Gasteiger partial charge on any atom is 0.326 e. The van der Waals surface area contributed by atoms with Crippen LogP contribution in [-0.2, 0) is 14.8 Å². The Labute approximate surface area is 60.9 Å². The molecule has 0 aromatic heterocycles. The van der Waals surface area contributed by atoms with Gasteiger partial charge in [0.15, 0.2) is 0 Å². The zero-order chi connectivity index (χ0) is 8.20. The Morgan fingerprint density at radius 1 is 1.50 bits per heavy atom. The van der Waals surface area contributed by atoms with Crippen molar-refractivity contribution in [2.75, 3.05) is 12.8 Å². The topological polar surface area (TPSA) is 54.5 Å². The molecule has 5 heteroatoms. The summed E-state index contributed by atoms with van der Waals surface area (Å²) in [4.78, 5) is 9.85. The largest absolute Gasteiger partial charge is 0.326 e. The van der Waals surface area contributed by atoms with Crippen LogP contribution in [0.4, 0.5) is 0 Å². The molecule has 4 nitrogen and oxygen atoms in total. The first-order valence-corrected chi connectivity index (χ1v) is 4.50. The Morgan fingerprint density at radius 3 is 2.30 bits per heavy atom. The molecule has 1 radical (unpaired) electrons. The Bertz CT molecular complexity index is 197. The van der Waals surface area contributed by atoms with Crippen molar-refractivity contribution in [2.24, 2.45) is 0 Å². The second-order valence-corrected chi connectivity index (χ2v) is 3.99. The van der Waals surface area contributed by atoms with E-state index in [1.165, 1.54) is 13.5 Å². The molecular weight excluding hydrogens is 154 g/mol. The van der Waals surface area contributed by atoms with Crippen molar-refractivity contribution >= 4 is 16.4 Å². The molecule has 0 saturated carbocycles. The highest BCUT2D eigenvalue weighted by Gasteiger charge is 2.14. The van der Waals surface area contributed by atoms with Gasteiger partial charge in [0.2, 0.25) is 10.0 Å². The van der Waals surface area contributed by atoms with Crippen molar-refractivity contribution in [2.45, 2.75) is 13.3 Å². The fraction of sp³-hybridized carbons (Fsp3) is 0.800. The average molecular weight is 164 g/mol. The number of rotatable bonds is 4. The maximum atomic E-state index is 10.8. The summed E-state index contributed by atoms with van der Waals surface area (Å²) in [6, 6.07) is 0. The van der Waals surface area contributed by atoms with Crippen LogP contribution in [0.25, 0.3) is 0 Å². The van der Waals surface area contributed by atoms with Gasteiger partial charge in [-0.1, -0.05) is 6.92 Å². The monoisotopic (exact) mass is 164 g/mol. The van der Waals surface area contributed by atoms with Gasteiger partial charge in [0.25, 0.3) is 0 Å². The van der Waals surface area contributed by atoms with Gasteiger partial charge in [-0.3, -0.25) is 4.79 Å². The zero-order valence-electron chi connectivity index (χ0n) is 5.99. The molecule has 0 fully saturated rings. The highest BCUT2D eigenvalue weighted by molar-refractivity contribution is 7.89. The van der Waals surface area contributed by atoms with Crippen molar-refractivity contribution in [3.05, 3.63) is 0 Å². The molecular formula is C5H10NO3S. The van der Waals surface area contributed by atoms with Crippen molar-refractivity contribution in [3.63, 3.8) is 0 Å². The average Bonchev–Trinajstić information content (AvgIpc) is 1.86. The van der Waals surface area contributed by atoms with E-state index >= 15 is 0 Å². The molecule has 0 aliphatic heterocycles. The van der Waals surface area contributed by atoms with Gasteiger partial charge >= 0.3 is 6.41 Å². The van der Waals surface area contributed by atoms with E-state index in [-0.39, 0.29) is 5.75 Å². The van der Waals surface area contributed by atoms with E-state index in [0.717, 1.165) is 0 Å². The number of nitrogens with zero attached hydrogens (tertiary/aromatic N) is 1. The minimum atomic E-state index is -3.35. The van der Waals surface area contributed by atoms with Crippen LogP contribution >= 0.6 is 0 Å². The third-order valence-corrected chi connectivity index (χ3v) is 2.84. The van der Waals surface area contributed by atoms with Gasteiger partial charge in [-0.15, -0.1) is 0 Å². The van der Waals surface area contributed by atoms with Crippen LogP contribution in [0, 0.1) is 0 Å². The number of hydrogen-bond donors (Lipinski definition) is 0. The lowest BCUT2D eigenvalue weighted by molar-refractivity contribution is 0.497. The number of sulfonamides is 1. The van der Waals surface area contributed by atoms with Crippen molar-refractivity contribution in [3.8, 4) is 0 Å². The fourth-order valence-corrected chi connectivity index (χ4v) is 1.35. The Kier molecular flexibility index (Phi) is 3.35. The van der Waals surface area contributed by atoms with E-state index in [9.17, 15) is 13.2 Å². The molecule has 0 aliphatic rings. The van der Waals surface area contributed by atoms with Crippen LogP contribution in [0.15, 0.2) is 0 Å². The summed E-state index contributed by atoms with van der Waals surface area (Å²) in [7, 11) is -2.17. The molecule has 0 heterocycles. The summed E-state index contributed by atoms with van der Waals surface area (Å²) in [5.74, 6) is -0.00125. The summed E-state index contributed by atoms with van der Waals surface area (Å²) in [5.41, 5.74) is 0. The minimum Gasteiger partial charge on any atom is -0.262 e. The second-order valence-electron chi connectivity index (χ2n) is 1.87. The molecule has 0 bridgehead atoms. The highest BCUT2D eigenvalue weighted by Crippen LogP contribution is 1.95. The number of amides is 1. The van der Waals surface area contributed by atoms with Gasteiger partial charge in [-0.2, -0.15) is 0 Å². The lowest BCUT2D eigenvalue weighted by atomic mass is 10.6. The molecule has 0 aliphatic carbocycles. The third kappa shape index (κ3) is 2.34. The van der Waals surface area contributed by atoms with Crippen LogP contribution in [0.1, 0.15) is 13.3 Å². The van der Waals surface area contributed by atoms with Gasteiger partial charge in [0.1, 0.15) is 0 Å². The summed E-state index contributed by atoms with van der Waals surface area (Å²) in [6.45, 7) is 1.73. The molecule has 59 valence electrons. The highest BCUT2D eigenvalue weighted by atomic mass is 32.2. The first-order chi connectivity index (χ1) is 4.54. The SMILES string of the molecule is CCCS(=O)(=O)N(C)[C]=O.